The summed E-state index contributed by atoms with van der Waals surface area (Å²) in [4.78, 5) is 11.7. The van der Waals surface area contributed by atoms with Crippen molar-refractivity contribution in [1.82, 2.24) is 10.6 Å². The Bertz CT molecular complexity index is 207. The second kappa shape index (κ2) is 3.27. The van der Waals surface area contributed by atoms with Crippen molar-refractivity contribution >= 4 is 5.91 Å². The fraction of sp³-hybridized carbons (Fsp3) is 0.889. The maximum absolute atomic E-state index is 11.7. The van der Waals surface area contributed by atoms with E-state index in [1.54, 1.807) is 0 Å². The molecule has 74 valence electrons. The van der Waals surface area contributed by atoms with E-state index >= 15 is 0 Å². The molecule has 0 aromatic rings. The lowest BCUT2D eigenvalue weighted by Gasteiger charge is -2.32. The van der Waals surface area contributed by atoms with Gasteiger partial charge in [0.2, 0.25) is 5.91 Å². The molecular formula is C9H17N3O. The first-order chi connectivity index (χ1) is 6.21. The van der Waals surface area contributed by atoms with Crippen molar-refractivity contribution in [1.29, 1.82) is 0 Å². The van der Waals surface area contributed by atoms with Gasteiger partial charge in [-0.05, 0) is 38.8 Å². The van der Waals surface area contributed by atoms with Crippen LogP contribution >= 0.6 is 0 Å². The van der Waals surface area contributed by atoms with E-state index < -0.39 is 5.54 Å². The maximum atomic E-state index is 11.7. The largest absolute Gasteiger partial charge is 0.352 e. The van der Waals surface area contributed by atoms with Crippen LogP contribution in [0.15, 0.2) is 0 Å². The van der Waals surface area contributed by atoms with E-state index in [1.807, 2.05) is 0 Å². The zero-order valence-electron chi connectivity index (χ0n) is 7.81. The molecule has 0 spiro atoms. The Kier molecular flexibility index (Phi) is 2.26. The lowest BCUT2D eigenvalue weighted by molar-refractivity contribution is -0.127. The Labute approximate surface area is 78.2 Å². The average Bonchev–Trinajstić information content (AvgIpc) is 2.89. The number of nitrogens with one attached hydrogen (secondary N) is 2. The summed E-state index contributed by atoms with van der Waals surface area (Å²) in [6, 6.07) is 0.419. The van der Waals surface area contributed by atoms with E-state index in [1.165, 1.54) is 0 Å². The van der Waals surface area contributed by atoms with Crippen LogP contribution < -0.4 is 16.4 Å². The van der Waals surface area contributed by atoms with Crippen molar-refractivity contribution in [3.05, 3.63) is 0 Å². The molecule has 0 aromatic heterocycles. The molecular weight excluding hydrogens is 166 g/mol. The molecule has 4 heteroatoms. The summed E-state index contributed by atoms with van der Waals surface area (Å²) >= 11 is 0. The summed E-state index contributed by atoms with van der Waals surface area (Å²) in [5.41, 5.74) is 5.42. The van der Waals surface area contributed by atoms with Crippen LogP contribution in [-0.2, 0) is 4.79 Å². The SMILES string of the molecule is NC1(C(=O)NC2CC2)CCNCC1. The average molecular weight is 183 g/mol. The minimum Gasteiger partial charge on any atom is -0.352 e. The van der Waals surface area contributed by atoms with Crippen molar-refractivity contribution in [3.8, 4) is 0 Å². The van der Waals surface area contributed by atoms with Gasteiger partial charge in [-0.15, -0.1) is 0 Å². The molecule has 1 saturated heterocycles. The highest BCUT2D eigenvalue weighted by Gasteiger charge is 2.37. The first-order valence-corrected chi connectivity index (χ1v) is 5.01. The van der Waals surface area contributed by atoms with Crippen molar-refractivity contribution < 1.29 is 4.79 Å². The quantitative estimate of drug-likeness (QED) is 0.533. The molecule has 1 amide bonds. The van der Waals surface area contributed by atoms with Crippen LogP contribution in [0.1, 0.15) is 25.7 Å². The maximum Gasteiger partial charge on any atom is 0.240 e. The minimum absolute atomic E-state index is 0.0523. The number of hydrogen-bond acceptors (Lipinski definition) is 3. The predicted molar refractivity (Wildman–Crippen MR) is 50.2 cm³/mol. The van der Waals surface area contributed by atoms with E-state index in [0.29, 0.717) is 6.04 Å². The van der Waals surface area contributed by atoms with Crippen LogP contribution in [0.25, 0.3) is 0 Å². The van der Waals surface area contributed by atoms with E-state index in [2.05, 4.69) is 10.6 Å². The molecule has 0 radical (unpaired) electrons. The van der Waals surface area contributed by atoms with E-state index in [-0.39, 0.29) is 5.91 Å². The number of rotatable bonds is 2. The second-order valence-electron chi connectivity index (χ2n) is 4.15. The zero-order valence-corrected chi connectivity index (χ0v) is 7.81. The van der Waals surface area contributed by atoms with Crippen LogP contribution in [0.4, 0.5) is 0 Å². The Hall–Kier alpha value is -0.610. The molecule has 2 fully saturated rings. The van der Waals surface area contributed by atoms with Gasteiger partial charge in [-0.25, -0.2) is 0 Å². The van der Waals surface area contributed by atoms with Crippen LogP contribution in [0, 0.1) is 0 Å². The van der Waals surface area contributed by atoms with Crippen LogP contribution in [0.2, 0.25) is 0 Å². The molecule has 1 aliphatic heterocycles. The fourth-order valence-corrected chi connectivity index (χ4v) is 1.66. The van der Waals surface area contributed by atoms with Gasteiger partial charge >= 0.3 is 0 Å². The molecule has 0 aromatic carbocycles. The molecule has 2 aliphatic rings. The van der Waals surface area contributed by atoms with Crippen molar-refractivity contribution in [3.63, 3.8) is 0 Å². The third-order valence-corrected chi connectivity index (χ3v) is 2.86. The number of carbonyl (C=O) groups excluding carboxylic acids is 1. The highest BCUT2D eigenvalue weighted by Crippen LogP contribution is 2.22. The summed E-state index contributed by atoms with van der Waals surface area (Å²) < 4.78 is 0. The summed E-state index contributed by atoms with van der Waals surface area (Å²) in [5, 5.41) is 6.18. The minimum atomic E-state index is -0.603. The van der Waals surface area contributed by atoms with Gasteiger partial charge in [0, 0.05) is 6.04 Å². The number of carbonyl (C=O) groups is 1. The Morgan fingerprint density at radius 3 is 2.54 bits per heavy atom. The normalized spacial score (nSPS) is 26.8. The third kappa shape index (κ3) is 2.00. The molecule has 0 unspecified atom stereocenters. The van der Waals surface area contributed by atoms with Gasteiger partial charge in [0.1, 0.15) is 0 Å². The molecule has 1 heterocycles. The smallest absolute Gasteiger partial charge is 0.240 e. The number of piperidine rings is 1. The number of hydrogen-bond donors (Lipinski definition) is 3. The van der Waals surface area contributed by atoms with Gasteiger partial charge in [0.25, 0.3) is 0 Å². The lowest BCUT2D eigenvalue weighted by atomic mass is 9.88. The predicted octanol–water partition coefficient (Wildman–Crippen LogP) is -0.654. The van der Waals surface area contributed by atoms with E-state index in [4.69, 9.17) is 5.73 Å². The first-order valence-electron chi connectivity index (χ1n) is 5.01. The topological polar surface area (TPSA) is 67.2 Å². The fourth-order valence-electron chi connectivity index (χ4n) is 1.66. The summed E-state index contributed by atoms with van der Waals surface area (Å²) in [6.45, 7) is 1.71. The number of amides is 1. The Morgan fingerprint density at radius 1 is 1.38 bits per heavy atom. The highest BCUT2D eigenvalue weighted by molar-refractivity contribution is 5.86. The summed E-state index contributed by atoms with van der Waals surface area (Å²) in [6.07, 6.45) is 3.76. The summed E-state index contributed by atoms with van der Waals surface area (Å²) in [5.74, 6) is 0.0523. The zero-order chi connectivity index (χ0) is 9.31. The second-order valence-corrected chi connectivity index (χ2v) is 4.15. The van der Waals surface area contributed by atoms with Crippen LogP contribution in [0.5, 0.6) is 0 Å². The van der Waals surface area contributed by atoms with E-state index in [0.717, 1.165) is 38.8 Å². The van der Waals surface area contributed by atoms with Gasteiger partial charge in [0.15, 0.2) is 0 Å². The van der Waals surface area contributed by atoms with Crippen molar-refractivity contribution in [2.45, 2.75) is 37.3 Å². The first kappa shape index (κ1) is 8.97. The van der Waals surface area contributed by atoms with Crippen molar-refractivity contribution in [2.75, 3.05) is 13.1 Å². The third-order valence-electron chi connectivity index (χ3n) is 2.86. The molecule has 1 aliphatic carbocycles. The summed E-state index contributed by atoms with van der Waals surface area (Å²) in [7, 11) is 0. The van der Waals surface area contributed by atoms with Gasteiger partial charge in [-0.2, -0.15) is 0 Å². The Balaban J connectivity index is 1.90. The molecule has 4 nitrogen and oxygen atoms in total. The molecule has 0 bridgehead atoms. The molecule has 4 N–H and O–H groups in total. The van der Waals surface area contributed by atoms with Crippen molar-refractivity contribution in [2.24, 2.45) is 5.73 Å². The molecule has 2 rings (SSSR count). The molecule has 13 heavy (non-hydrogen) atoms. The van der Waals surface area contributed by atoms with Gasteiger partial charge < -0.3 is 16.4 Å². The van der Waals surface area contributed by atoms with Gasteiger partial charge in [-0.3, -0.25) is 4.79 Å². The monoisotopic (exact) mass is 183 g/mol. The van der Waals surface area contributed by atoms with Gasteiger partial charge in [-0.1, -0.05) is 0 Å². The molecule has 0 atom stereocenters. The highest BCUT2D eigenvalue weighted by atomic mass is 16.2. The van der Waals surface area contributed by atoms with Crippen LogP contribution in [0.3, 0.4) is 0 Å². The van der Waals surface area contributed by atoms with Gasteiger partial charge in [0.05, 0.1) is 5.54 Å². The Morgan fingerprint density at radius 2 is 2.00 bits per heavy atom. The molecule has 1 saturated carbocycles. The van der Waals surface area contributed by atoms with Crippen LogP contribution in [-0.4, -0.2) is 30.6 Å². The standard InChI is InChI=1S/C9H17N3O/c10-9(3-5-11-6-4-9)8(13)12-7-1-2-7/h7,11H,1-6,10H2,(H,12,13). The van der Waals surface area contributed by atoms with E-state index in [9.17, 15) is 4.79 Å². The lowest BCUT2D eigenvalue weighted by Crippen LogP contribution is -2.59. The number of nitrogens with two attached hydrogens (primary N) is 1.